The second-order valence-electron chi connectivity index (χ2n) is 6.70. The fourth-order valence-corrected chi connectivity index (χ4v) is 4.15. The van der Waals surface area contributed by atoms with Gasteiger partial charge in [-0.15, -0.1) is 11.3 Å². The van der Waals surface area contributed by atoms with Gasteiger partial charge in [0.1, 0.15) is 5.65 Å². The molecule has 28 heavy (non-hydrogen) atoms. The standard InChI is InChI=1S/C22H22N4OS/c27-22(26-11-4-2-6-18-5-1-3-10-23-18)20-17(9-14-28-20)15-16-7-12-24-21-19(16)8-13-25-21/h1,3,5,7-10,12-14H,2,4,6,11,15H2,(H,24,25)(H,26,27). The number of aromatic nitrogens is 3. The normalized spacial score (nSPS) is 11.0. The van der Waals surface area contributed by atoms with Crippen LogP contribution >= 0.6 is 11.3 Å². The number of unbranched alkanes of at least 4 members (excludes halogenated alkanes) is 1. The Morgan fingerprint density at radius 2 is 2.00 bits per heavy atom. The molecular weight excluding hydrogens is 368 g/mol. The van der Waals surface area contributed by atoms with Crippen LogP contribution in [0.3, 0.4) is 0 Å². The van der Waals surface area contributed by atoms with Crippen LogP contribution in [0.1, 0.15) is 39.3 Å². The fraction of sp³-hybridized carbons (Fsp3) is 0.227. The van der Waals surface area contributed by atoms with E-state index in [2.05, 4.69) is 20.3 Å². The first-order valence-corrected chi connectivity index (χ1v) is 10.3. The van der Waals surface area contributed by atoms with Crippen molar-refractivity contribution >= 4 is 28.3 Å². The van der Waals surface area contributed by atoms with Crippen LogP contribution in [0.4, 0.5) is 0 Å². The molecule has 5 nitrogen and oxygen atoms in total. The van der Waals surface area contributed by atoms with Gasteiger partial charge in [0.15, 0.2) is 0 Å². The molecule has 142 valence electrons. The minimum atomic E-state index is 0.0159. The van der Waals surface area contributed by atoms with Gasteiger partial charge in [-0.1, -0.05) is 6.07 Å². The summed E-state index contributed by atoms with van der Waals surface area (Å²) in [7, 11) is 0. The average Bonchev–Trinajstić information content (AvgIpc) is 3.38. The largest absolute Gasteiger partial charge is 0.351 e. The van der Waals surface area contributed by atoms with Crippen LogP contribution in [0.15, 0.2) is 60.4 Å². The van der Waals surface area contributed by atoms with Crippen LogP contribution in [0.2, 0.25) is 0 Å². The Morgan fingerprint density at radius 3 is 2.89 bits per heavy atom. The highest BCUT2D eigenvalue weighted by atomic mass is 32.1. The first-order chi connectivity index (χ1) is 13.8. The Hall–Kier alpha value is -2.99. The molecule has 6 heteroatoms. The number of fused-ring (bicyclic) bond motifs is 1. The number of carbonyl (C=O) groups is 1. The predicted octanol–water partition coefficient (Wildman–Crippen LogP) is 4.36. The van der Waals surface area contributed by atoms with E-state index in [0.29, 0.717) is 6.54 Å². The van der Waals surface area contributed by atoms with Crippen molar-refractivity contribution in [1.29, 1.82) is 0 Å². The topological polar surface area (TPSA) is 70.7 Å². The Labute approximate surface area is 167 Å². The number of nitrogens with one attached hydrogen (secondary N) is 2. The third-order valence-electron chi connectivity index (χ3n) is 4.76. The lowest BCUT2D eigenvalue weighted by atomic mass is 10.0. The van der Waals surface area contributed by atoms with Gasteiger partial charge in [0.25, 0.3) is 5.91 Å². The SMILES string of the molecule is O=C(NCCCCc1ccccn1)c1sccc1Cc1ccnc2[nH]ccc12. The molecular formula is C22H22N4OS. The van der Waals surface area contributed by atoms with E-state index < -0.39 is 0 Å². The summed E-state index contributed by atoms with van der Waals surface area (Å²) in [5.41, 5.74) is 4.22. The van der Waals surface area contributed by atoms with Gasteiger partial charge in [-0.05, 0) is 72.5 Å². The number of carbonyl (C=O) groups excluding carboxylic acids is 1. The number of hydrogen-bond donors (Lipinski definition) is 2. The summed E-state index contributed by atoms with van der Waals surface area (Å²) in [5.74, 6) is 0.0159. The molecule has 0 saturated carbocycles. The fourth-order valence-electron chi connectivity index (χ4n) is 3.31. The maximum atomic E-state index is 12.6. The van der Waals surface area contributed by atoms with Gasteiger partial charge in [0.05, 0.1) is 4.88 Å². The molecule has 4 heterocycles. The smallest absolute Gasteiger partial charge is 0.261 e. The zero-order valence-corrected chi connectivity index (χ0v) is 16.3. The summed E-state index contributed by atoms with van der Waals surface area (Å²) in [5, 5.41) is 6.16. The number of pyridine rings is 2. The van der Waals surface area contributed by atoms with Gasteiger partial charge < -0.3 is 10.3 Å². The Bertz CT molecular complexity index is 1050. The number of thiophene rings is 1. The molecule has 0 aromatic carbocycles. The van der Waals surface area contributed by atoms with E-state index in [4.69, 9.17) is 0 Å². The van der Waals surface area contributed by atoms with Crippen molar-refractivity contribution in [1.82, 2.24) is 20.3 Å². The molecule has 0 fully saturated rings. The van der Waals surface area contributed by atoms with Crippen LogP contribution in [0.5, 0.6) is 0 Å². The van der Waals surface area contributed by atoms with Crippen LogP contribution in [0, 0.1) is 0 Å². The molecule has 2 N–H and O–H groups in total. The quantitative estimate of drug-likeness (QED) is 0.439. The summed E-state index contributed by atoms with van der Waals surface area (Å²) in [6.07, 6.45) is 9.14. The molecule has 0 spiro atoms. The van der Waals surface area contributed by atoms with E-state index in [0.717, 1.165) is 52.9 Å². The van der Waals surface area contributed by atoms with Crippen LogP contribution in [-0.2, 0) is 12.8 Å². The summed E-state index contributed by atoms with van der Waals surface area (Å²) in [6, 6.07) is 12.1. The maximum absolute atomic E-state index is 12.6. The lowest BCUT2D eigenvalue weighted by molar-refractivity contribution is 0.0956. The lowest BCUT2D eigenvalue weighted by Gasteiger charge is -2.07. The van der Waals surface area contributed by atoms with E-state index in [1.807, 2.05) is 60.4 Å². The van der Waals surface area contributed by atoms with Crippen LogP contribution < -0.4 is 5.32 Å². The first kappa shape index (κ1) is 18.4. The van der Waals surface area contributed by atoms with Gasteiger partial charge in [-0.25, -0.2) is 4.98 Å². The summed E-state index contributed by atoms with van der Waals surface area (Å²) < 4.78 is 0. The molecule has 4 rings (SSSR count). The monoisotopic (exact) mass is 390 g/mol. The van der Waals surface area contributed by atoms with E-state index in [1.54, 1.807) is 0 Å². The van der Waals surface area contributed by atoms with Gasteiger partial charge in [-0.3, -0.25) is 9.78 Å². The minimum Gasteiger partial charge on any atom is -0.351 e. The highest BCUT2D eigenvalue weighted by molar-refractivity contribution is 7.12. The maximum Gasteiger partial charge on any atom is 0.261 e. The Morgan fingerprint density at radius 1 is 1.04 bits per heavy atom. The number of nitrogens with zero attached hydrogens (tertiary/aromatic N) is 2. The molecule has 0 atom stereocenters. The molecule has 4 aromatic rings. The molecule has 0 bridgehead atoms. The molecule has 1 amide bonds. The molecule has 0 saturated heterocycles. The first-order valence-electron chi connectivity index (χ1n) is 9.47. The van der Waals surface area contributed by atoms with Gasteiger partial charge in [0.2, 0.25) is 0 Å². The van der Waals surface area contributed by atoms with E-state index in [1.165, 1.54) is 16.9 Å². The number of aromatic amines is 1. The minimum absolute atomic E-state index is 0.0159. The number of rotatable bonds is 8. The zero-order valence-electron chi connectivity index (χ0n) is 15.5. The molecule has 0 aliphatic heterocycles. The molecule has 0 unspecified atom stereocenters. The summed E-state index contributed by atoms with van der Waals surface area (Å²) in [6.45, 7) is 0.681. The van der Waals surface area contributed by atoms with Crippen molar-refractivity contribution in [2.24, 2.45) is 0 Å². The molecule has 0 radical (unpaired) electrons. The van der Waals surface area contributed by atoms with Gasteiger partial charge >= 0.3 is 0 Å². The number of hydrogen-bond acceptors (Lipinski definition) is 4. The zero-order chi connectivity index (χ0) is 19.2. The number of amides is 1. The summed E-state index contributed by atoms with van der Waals surface area (Å²) in [4.78, 5) is 25.2. The molecule has 0 aliphatic rings. The van der Waals surface area contributed by atoms with E-state index >= 15 is 0 Å². The second kappa shape index (κ2) is 8.80. The molecule has 4 aromatic heterocycles. The molecule has 0 aliphatic carbocycles. The lowest BCUT2D eigenvalue weighted by Crippen LogP contribution is -2.24. The third kappa shape index (κ3) is 4.28. The number of aryl methyl sites for hydroxylation is 1. The third-order valence-corrected chi connectivity index (χ3v) is 5.71. The highest BCUT2D eigenvalue weighted by Gasteiger charge is 2.14. The van der Waals surface area contributed by atoms with E-state index in [9.17, 15) is 4.79 Å². The predicted molar refractivity (Wildman–Crippen MR) is 113 cm³/mol. The van der Waals surface area contributed by atoms with Crippen molar-refractivity contribution in [2.75, 3.05) is 6.54 Å². The second-order valence-corrected chi connectivity index (χ2v) is 7.61. The Kier molecular flexibility index (Phi) is 5.77. The van der Waals surface area contributed by atoms with E-state index in [-0.39, 0.29) is 5.91 Å². The van der Waals surface area contributed by atoms with Gasteiger partial charge in [0, 0.05) is 36.2 Å². The van der Waals surface area contributed by atoms with Crippen molar-refractivity contribution in [2.45, 2.75) is 25.7 Å². The van der Waals surface area contributed by atoms with Crippen molar-refractivity contribution in [3.63, 3.8) is 0 Å². The van der Waals surface area contributed by atoms with Crippen LogP contribution in [-0.4, -0.2) is 27.4 Å². The Balaban J connectivity index is 1.32. The average molecular weight is 391 g/mol. The van der Waals surface area contributed by atoms with Gasteiger partial charge in [-0.2, -0.15) is 0 Å². The number of H-pyrrole nitrogens is 1. The van der Waals surface area contributed by atoms with Crippen molar-refractivity contribution in [3.8, 4) is 0 Å². The van der Waals surface area contributed by atoms with Crippen molar-refractivity contribution in [3.05, 3.63) is 82.1 Å². The van der Waals surface area contributed by atoms with Crippen LogP contribution in [0.25, 0.3) is 11.0 Å². The summed E-state index contributed by atoms with van der Waals surface area (Å²) >= 11 is 1.50. The highest BCUT2D eigenvalue weighted by Crippen LogP contribution is 2.24. The van der Waals surface area contributed by atoms with Crippen molar-refractivity contribution < 1.29 is 4.79 Å².